The normalized spacial score (nSPS) is 12.7. The van der Waals surface area contributed by atoms with E-state index in [0.717, 1.165) is 32.6 Å². The van der Waals surface area contributed by atoms with Gasteiger partial charge in [0.25, 0.3) is 0 Å². The maximum Gasteiger partial charge on any atom is 0.0738 e. The second-order valence-corrected chi connectivity index (χ2v) is 6.96. The molecule has 0 fully saturated rings. The summed E-state index contributed by atoms with van der Waals surface area (Å²) in [6.45, 7) is 4.99. The van der Waals surface area contributed by atoms with Crippen molar-refractivity contribution in [3.8, 4) is 0 Å². The van der Waals surface area contributed by atoms with Gasteiger partial charge in [0.2, 0.25) is 0 Å². The molecule has 0 amide bonds. The first-order valence-corrected chi connectivity index (χ1v) is 8.78. The molecule has 1 heterocycles. The maximum atomic E-state index is 6.03. The molecule has 0 aliphatic rings. The van der Waals surface area contributed by atoms with Crippen molar-refractivity contribution in [1.82, 2.24) is 15.1 Å². The van der Waals surface area contributed by atoms with E-state index in [1.54, 1.807) is 0 Å². The van der Waals surface area contributed by atoms with Gasteiger partial charge in [0.05, 0.1) is 15.9 Å². The fourth-order valence-corrected chi connectivity index (χ4v) is 3.81. The summed E-state index contributed by atoms with van der Waals surface area (Å²) in [5.41, 5.74) is 3.42. The molecule has 1 aromatic heterocycles. The molecule has 1 aromatic carbocycles. The van der Waals surface area contributed by atoms with E-state index < -0.39 is 0 Å². The van der Waals surface area contributed by atoms with Gasteiger partial charge in [-0.15, -0.1) is 0 Å². The summed E-state index contributed by atoms with van der Waals surface area (Å²) in [4.78, 5) is 0. The third kappa shape index (κ3) is 3.70. The Hall–Kier alpha value is -0.360. The van der Waals surface area contributed by atoms with Crippen LogP contribution in [0.15, 0.2) is 27.1 Å². The third-order valence-corrected chi connectivity index (χ3v) is 5.49. The summed E-state index contributed by atoms with van der Waals surface area (Å²) in [5.74, 6) is 0. The summed E-state index contributed by atoms with van der Waals surface area (Å²) >= 11 is 13.3. The number of nitrogens with one attached hydrogen (secondary N) is 1. The topological polar surface area (TPSA) is 29.9 Å². The van der Waals surface area contributed by atoms with E-state index in [9.17, 15) is 0 Å². The lowest BCUT2D eigenvalue weighted by atomic mass is 10.0. The van der Waals surface area contributed by atoms with Crippen molar-refractivity contribution in [3.05, 3.63) is 49.1 Å². The quantitative estimate of drug-likeness (QED) is 0.725. The lowest BCUT2D eigenvalue weighted by Gasteiger charge is -2.19. The molecule has 1 N–H and O–H groups in total. The Balaban J connectivity index is 2.35. The fourth-order valence-electron chi connectivity index (χ4n) is 2.41. The molecule has 0 aliphatic carbocycles. The molecule has 0 radical (unpaired) electrons. The third-order valence-electron chi connectivity index (χ3n) is 3.54. The van der Waals surface area contributed by atoms with E-state index in [-0.39, 0.29) is 6.04 Å². The van der Waals surface area contributed by atoms with E-state index in [1.807, 2.05) is 30.8 Å². The van der Waals surface area contributed by atoms with Crippen LogP contribution in [-0.4, -0.2) is 16.8 Å². The van der Waals surface area contributed by atoms with Gasteiger partial charge in [-0.25, -0.2) is 0 Å². The van der Waals surface area contributed by atoms with E-state index in [2.05, 4.69) is 55.3 Å². The maximum absolute atomic E-state index is 6.03. The largest absolute Gasteiger partial charge is 0.313 e. The van der Waals surface area contributed by atoms with Crippen molar-refractivity contribution in [2.24, 2.45) is 0 Å². The van der Waals surface area contributed by atoms with Crippen molar-refractivity contribution >= 4 is 43.5 Å². The van der Waals surface area contributed by atoms with Crippen LogP contribution in [0.25, 0.3) is 0 Å². The fraction of sp³-hybridized carbons (Fsp3) is 0.400. The lowest BCUT2D eigenvalue weighted by molar-refractivity contribution is 0.538. The van der Waals surface area contributed by atoms with E-state index in [1.165, 1.54) is 11.3 Å². The van der Waals surface area contributed by atoms with Gasteiger partial charge in [0.1, 0.15) is 0 Å². The molecule has 2 rings (SSSR count). The van der Waals surface area contributed by atoms with Gasteiger partial charge >= 0.3 is 0 Å². The first-order valence-electron chi connectivity index (χ1n) is 6.81. The molecule has 114 valence electrons. The monoisotopic (exact) mass is 433 g/mol. The first kappa shape index (κ1) is 17.0. The van der Waals surface area contributed by atoms with Crippen LogP contribution in [0.2, 0.25) is 5.02 Å². The number of hydrogen-bond acceptors (Lipinski definition) is 2. The van der Waals surface area contributed by atoms with E-state index in [0.29, 0.717) is 0 Å². The van der Waals surface area contributed by atoms with E-state index >= 15 is 0 Å². The number of nitrogens with zero attached hydrogens (tertiary/aromatic N) is 2. The van der Waals surface area contributed by atoms with Gasteiger partial charge in [-0.05, 0) is 54.5 Å². The molecule has 0 spiro atoms. The predicted octanol–water partition coefficient (Wildman–Crippen LogP) is 4.89. The summed E-state index contributed by atoms with van der Waals surface area (Å²) < 4.78 is 4.16. The smallest absolute Gasteiger partial charge is 0.0738 e. The Morgan fingerprint density at radius 1 is 1.38 bits per heavy atom. The highest BCUT2D eigenvalue weighted by atomic mass is 79.9. The van der Waals surface area contributed by atoms with Crippen molar-refractivity contribution in [2.45, 2.75) is 32.9 Å². The number of likely N-dealkylation sites (N-methyl/N-ethyl adjacent to an activating group) is 1. The predicted molar refractivity (Wildman–Crippen MR) is 95.0 cm³/mol. The van der Waals surface area contributed by atoms with Crippen LogP contribution >= 0.6 is 43.5 Å². The zero-order valence-corrected chi connectivity index (χ0v) is 16.2. The van der Waals surface area contributed by atoms with Crippen LogP contribution in [0.1, 0.15) is 29.9 Å². The minimum absolute atomic E-state index is 0.189. The van der Waals surface area contributed by atoms with Crippen LogP contribution in [0, 0.1) is 6.92 Å². The van der Waals surface area contributed by atoms with Crippen LogP contribution < -0.4 is 5.32 Å². The van der Waals surface area contributed by atoms with Crippen LogP contribution in [0.4, 0.5) is 0 Å². The zero-order chi connectivity index (χ0) is 15.6. The van der Waals surface area contributed by atoms with Crippen molar-refractivity contribution in [3.63, 3.8) is 0 Å². The van der Waals surface area contributed by atoms with Crippen molar-refractivity contribution in [2.75, 3.05) is 7.05 Å². The standard InChI is InChI=1S/C15H18Br2ClN3/c1-4-21-14(15(17)9(2)20-21)8-13(19-3)11-6-5-10(18)7-12(11)16/h5-7,13,19H,4,8H2,1-3H3. The highest BCUT2D eigenvalue weighted by Gasteiger charge is 2.19. The second kappa shape index (κ2) is 7.27. The number of rotatable bonds is 5. The Morgan fingerprint density at radius 3 is 2.67 bits per heavy atom. The highest BCUT2D eigenvalue weighted by molar-refractivity contribution is 9.10. The summed E-state index contributed by atoms with van der Waals surface area (Å²) in [6.07, 6.45) is 0.853. The Morgan fingerprint density at radius 2 is 2.10 bits per heavy atom. The highest BCUT2D eigenvalue weighted by Crippen LogP contribution is 2.31. The van der Waals surface area contributed by atoms with Crippen molar-refractivity contribution in [1.29, 1.82) is 0 Å². The Kier molecular flexibility index (Phi) is 5.88. The molecule has 0 aliphatic heterocycles. The lowest BCUT2D eigenvalue weighted by Crippen LogP contribution is -2.21. The summed E-state index contributed by atoms with van der Waals surface area (Å²) in [5, 5.41) is 8.67. The van der Waals surface area contributed by atoms with Gasteiger partial charge in [0.15, 0.2) is 0 Å². The molecular formula is C15H18Br2ClN3. The first-order chi connectivity index (χ1) is 9.97. The average Bonchev–Trinajstić information content (AvgIpc) is 2.72. The summed E-state index contributed by atoms with van der Waals surface area (Å²) in [6, 6.07) is 6.10. The molecule has 21 heavy (non-hydrogen) atoms. The molecule has 2 aromatic rings. The minimum atomic E-state index is 0.189. The van der Waals surface area contributed by atoms with E-state index in [4.69, 9.17) is 11.6 Å². The number of aryl methyl sites for hydroxylation is 2. The number of benzene rings is 1. The number of halogens is 3. The number of hydrogen-bond donors (Lipinski definition) is 1. The molecule has 0 bridgehead atoms. The summed E-state index contributed by atoms with van der Waals surface area (Å²) in [7, 11) is 1.97. The number of aromatic nitrogens is 2. The molecule has 1 unspecified atom stereocenters. The SMILES string of the molecule is CCn1nc(C)c(Br)c1CC(NC)c1ccc(Cl)cc1Br. The second-order valence-electron chi connectivity index (χ2n) is 4.87. The van der Waals surface area contributed by atoms with Gasteiger partial charge < -0.3 is 5.32 Å². The van der Waals surface area contributed by atoms with Gasteiger partial charge in [0, 0.05) is 28.5 Å². The van der Waals surface area contributed by atoms with Crippen LogP contribution in [0.3, 0.4) is 0 Å². The van der Waals surface area contributed by atoms with Crippen LogP contribution in [0.5, 0.6) is 0 Å². The minimum Gasteiger partial charge on any atom is -0.313 e. The van der Waals surface area contributed by atoms with Gasteiger partial charge in [-0.2, -0.15) is 5.10 Å². The Labute approximate surface area is 147 Å². The molecule has 0 saturated heterocycles. The molecule has 6 heteroatoms. The van der Waals surface area contributed by atoms with Gasteiger partial charge in [-0.3, -0.25) is 4.68 Å². The average molecular weight is 436 g/mol. The van der Waals surface area contributed by atoms with Crippen molar-refractivity contribution < 1.29 is 0 Å². The zero-order valence-electron chi connectivity index (χ0n) is 12.3. The molecular weight excluding hydrogens is 417 g/mol. The molecule has 3 nitrogen and oxygen atoms in total. The molecule has 0 saturated carbocycles. The van der Waals surface area contributed by atoms with Crippen LogP contribution in [-0.2, 0) is 13.0 Å². The molecule has 1 atom stereocenters. The van der Waals surface area contributed by atoms with Gasteiger partial charge in [-0.1, -0.05) is 33.6 Å². The Bertz CT molecular complexity index is 640.